The van der Waals surface area contributed by atoms with E-state index in [9.17, 15) is 22.0 Å². The van der Waals surface area contributed by atoms with Crippen LogP contribution in [0.4, 0.5) is 22.0 Å². The predicted octanol–water partition coefficient (Wildman–Crippen LogP) is 5.78. The molecule has 2 aromatic rings. The third kappa shape index (κ3) is 3.43. The van der Waals surface area contributed by atoms with E-state index in [4.69, 9.17) is 0 Å². The normalized spacial score (nSPS) is 13.3. The van der Waals surface area contributed by atoms with Gasteiger partial charge in [-0.1, -0.05) is 34.1 Å². The first kappa shape index (κ1) is 15.9. The molecule has 0 spiro atoms. The minimum atomic E-state index is -4.47. The summed E-state index contributed by atoms with van der Waals surface area (Å²) >= 11 is 3.17. The van der Waals surface area contributed by atoms with Crippen molar-refractivity contribution in [1.29, 1.82) is 0 Å². The molecule has 6 heteroatoms. The molecule has 0 aromatic heterocycles. The van der Waals surface area contributed by atoms with Gasteiger partial charge in [-0.2, -0.15) is 13.2 Å². The summed E-state index contributed by atoms with van der Waals surface area (Å²) in [5.41, 5.74) is -0.255. The number of hydrogen-bond acceptors (Lipinski definition) is 0. The van der Waals surface area contributed by atoms with Gasteiger partial charge in [-0.25, -0.2) is 8.78 Å². The average Bonchev–Trinajstić information content (AvgIpc) is 2.41. The number of alkyl halides is 4. The van der Waals surface area contributed by atoms with Crippen molar-refractivity contribution < 1.29 is 22.0 Å². The van der Waals surface area contributed by atoms with Gasteiger partial charge in [-0.05, 0) is 30.2 Å². The van der Waals surface area contributed by atoms with E-state index < -0.39 is 28.2 Å². The lowest BCUT2D eigenvalue weighted by Crippen LogP contribution is -2.06. The Morgan fingerprint density at radius 2 is 1.67 bits per heavy atom. The van der Waals surface area contributed by atoms with Crippen LogP contribution in [-0.2, 0) is 6.18 Å². The van der Waals surface area contributed by atoms with Crippen LogP contribution < -0.4 is 0 Å². The fourth-order valence-corrected chi connectivity index (χ4v) is 2.56. The summed E-state index contributed by atoms with van der Waals surface area (Å²) in [6.07, 6.45) is -4.47. The minimum absolute atomic E-state index is 0.0909. The lowest BCUT2D eigenvalue weighted by atomic mass is 10.0. The number of rotatable bonds is 2. The van der Waals surface area contributed by atoms with Crippen LogP contribution >= 0.6 is 15.9 Å². The van der Waals surface area contributed by atoms with Gasteiger partial charge >= 0.3 is 6.18 Å². The number of halogens is 6. The molecular weight excluding hydrogens is 355 g/mol. The highest BCUT2D eigenvalue weighted by molar-refractivity contribution is 9.09. The molecule has 0 bridgehead atoms. The second-order valence-corrected chi connectivity index (χ2v) is 5.52. The second kappa shape index (κ2) is 5.75. The Kier molecular flexibility index (Phi) is 4.37. The van der Waals surface area contributed by atoms with E-state index >= 15 is 0 Å². The summed E-state index contributed by atoms with van der Waals surface area (Å²) in [5, 5.41) is 0. The Balaban J connectivity index is 2.45. The van der Waals surface area contributed by atoms with Crippen LogP contribution in [0.3, 0.4) is 0 Å². The third-order valence-electron chi connectivity index (χ3n) is 3.06. The van der Waals surface area contributed by atoms with Gasteiger partial charge in [-0.15, -0.1) is 0 Å². The average molecular weight is 365 g/mol. The van der Waals surface area contributed by atoms with Crippen LogP contribution in [0.2, 0.25) is 0 Å². The van der Waals surface area contributed by atoms with Crippen molar-refractivity contribution in [3.63, 3.8) is 0 Å². The van der Waals surface area contributed by atoms with E-state index in [0.717, 1.165) is 18.2 Å². The topological polar surface area (TPSA) is 0 Å². The van der Waals surface area contributed by atoms with Gasteiger partial charge in [0.05, 0.1) is 10.4 Å². The lowest BCUT2D eigenvalue weighted by Gasteiger charge is -2.15. The molecule has 0 saturated heterocycles. The number of benzene rings is 2. The van der Waals surface area contributed by atoms with Crippen LogP contribution in [-0.4, -0.2) is 0 Å². The Hall–Kier alpha value is -1.43. The predicted molar refractivity (Wildman–Crippen MR) is 73.3 cm³/mol. The highest BCUT2D eigenvalue weighted by atomic mass is 79.9. The summed E-state index contributed by atoms with van der Waals surface area (Å²) in [7, 11) is 0. The van der Waals surface area contributed by atoms with E-state index in [2.05, 4.69) is 15.9 Å². The summed E-state index contributed by atoms with van der Waals surface area (Å²) in [6, 6.07) is 6.59. The van der Waals surface area contributed by atoms with Gasteiger partial charge in [0.25, 0.3) is 0 Å². The van der Waals surface area contributed by atoms with E-state index in [1.165, 1.54) is 25.1 Å². The van der Waals surface area contributed by atoms with Crippen molar-refractivity contribution >= 4 is 15.9 Å². The maximum atomic E-state index is 13.8. The molecule has 1 atom stereocenters. The molecule has 1 unspecified atom stereocenters. The lowest BCUT2D eigenvalue weighted by molar-refractivity contribution is -0.137. The van der Waals surface area contributed by atoms with Crippen LogP contribution in [0.5, 0.6) is 0 Å². The fourth-order valence-electron chi connectivity index (χ4n) is 1.93. The zero-order valence-electron chi connectivity index (χ0n) is 10.8. The maximum Gasteiger partial charge on any atom is 0.416 e. The zero-order valence-corrected chi connectivity index (χ0v) is 12.4. The van der Waals surface area contributed by atoms with Crippen LogP contribution in [0.15, 0.2) is 36.4 Å². The molecule has 112 valence electrons. The third-order valence-corrected chi connectivity index (χ3v) is 4.08. The van der Waals surface area contributed by atoms with Gasteiger partial charge in [-0.3, -0.25) is 0 Å². The molecule has 2 rings (SSSR count). The van der Waals surface area contributed by atoms with Crippen molar-refractivity contribution in [2.45, 2.75) is 17.9 Å². The highest BCUT2D eigenvalue weighted by Crippen LogP contribution is 2.37. The summed E-state index contributed by atoms with van der Waals surface area (Å²) in [4.78, 5) is -0.793. The fraction of sp³-hybridized carbons (Fsp3) is 0.200. The SMILES string of the molecule is Cc1cc(C(Br)c2cccc(C(F)(F)F)c2)c(F)cc1F. The van der Waals surface area contributed by atoms with Crippen molar-refractivity contribution in [2.75, 3.05) is 0 Å². The first-order valence-corrected chi connectivity index (χ1v) is 6.88. The van der Waals surface area contributed by atoms with Crippen LogP contribution in [0.1, 0.15) is 27.1 Å². The van der Waals surface area contributed by atoms with Gasteiger partial charge in [0, 0.05) is 11.6 Å². The van der Waals surface area contributed by atoms with E-state index in [1.54, 1.807) is 0 Å². The first-order chi connectivity index (χ1) is 9.70. The summed E-state index contributed by atoms with van der Waals surface area (Å²) in [6.45, 7) is 1.46. The van der Waals surface area contributed by atoms with E-state index in [-0.39, 0.29) is 16.7 Å². The molecule has 0 saturated carbocycles. The van der Waals surface area contributed by atoms with Crippen molar-refractivity contribution in [3.8, 4) is 0 Å². The molecule has 0 N–H and O–H groups in total. The second-order valence-electron chi connectivity index (χ2n) is 4.61. The van der Waals surface area contributed by atoms with E-state index in [1.807, 2.05) is 0 Å². The van der Waals surface area contributed by atoms with Crippen LogP contribution in [0.25, 0.3) is 0 Å². The van der Waals surface area contributed by atoms with Gasteiger partial charge in [0.2, 0.25) is 0 Å². The first-order valence-electron chi connectivity index (χ1n) is 5.97. The molecule has 0 aliphatic carbocycles. The van der Waals surface area contributed by atoms with Crippen molar-refractivity contribution in [2.24, 2.45) is 0 Å². The summed E-state index contributed by atoms with van der Waals surface area (Å²) in [5.74, 6) is -1.50. The Labute approximate surface area is 126 Å². The molecule has 0 fully saturated rings. The Morgan fingerprint density at radius 3 is 2.29 bits per heavy atom. The Bertz CT molecular complexity index is 664. The monoisotopic (exact) mass is 364 g/mol. The molecule has 2 aromatic carbocycles. The smallest absolute Gasteiger partial charge is 0.207 e. The molecule has 0 nitrogen and oxygen atoms in total. The van der Waals surface area contributed by atoms with Crippen LogP contribution in [0, 0.1) is 18.6 Å². The molecule has 0 aliphatic rings. The largest absolute Gasteiger partial charge is 0.416 e. The minimum Gasteiger partial charge on any atom is -0.207 e. The van der Waals surface area contributed by atoms with Gasteiger partial charge < -0.3 is 0 Å². The zero-order chi connectivity index (χ0) is 15.8. The molecule has 0 amide bonds. The van der Waals surface area contributed by atoms with Gasteiger partial charge in [0.1, 0.15) is 11.6 Å². The highest BCUT2D eigenvalue weighted by Gasteiger charge is 2.31. The molecule has 0 aliphatic heterocycles. The molecule has 0 radical (unpaired) electrons. The van der Waals surface area contributed by atoms with Gasteiger partial charge in [0.15, 0.2) is 0 Å². The maximum absolute atomic E-state index is 13.8. The number of hydrogen-bond donors (Lipinski definition) is 0. The van der Waals surface area contributed by atoms with Crippen molar-refractivity contribution in [1.82, 2.24) is 0 Å². The number of aryl methyl sites for hydroxylation is 1. The Morgan fingerprint density at radius 1 is 1.00 bits per heavy atom. The molecule has 21 heavy (non-hydrogen) atoms. The van der Waals surface area contributed by atoms with E-state index in [0.29, 0.717) is 0 Å². The molecular formula is C15H10BrF5. The standard InChI is InChI=1S/C15H10BrF5/c1-8-5-11(13(18)7-12(8)17)14(16)9-3-2-4-10(6-9)15(19,20)21/h2-7,14H,1H3. The quantitative estimate of drug-likeness (QED) is 0.468. The van der Waals surface area contributed by atoms with Crippen molar-refractivity contribution in [3.05, 3.63) is 70.3 Å². The molecule has 0 heterocycles. The summed E-state index contributed by atoms with van der Waals surface area (Å²) < 4.78 is 65.1.